The molecule has 3 rings (SSSR count). The van der Waals surface area contributed by atoms with Crippen molar-refractivity contribution in [2.45, 2.75) is 6.42 Å². The quantitative estimate of drug-likeness (QED) is 0.884. The fourth-order valence-corrected chi connectivity index (χ4v) is 2.52. The number of methoxy groups -OCH3 is 1. The molecule has 0 amide bonds. The fraction of sp³-hybridized carbons (Fsp3) is 0.278. The molecule has 2 aromatic rings. The normalized spacial score (nSPS) is 19.2. The Hall–Kier alpha value is -2.56. The molecule has 1 saturated carbocycles. The van der Waals surface area contributed by atoms with E-state index in [-0.39, 0.29) is 17.7 Å². The molecule has 5 heteroatoms. The molecule has 1 fully saturated rings. The molecule has 0 aliphatic heterocycles. The molecular formula is C18H17FO4. The van der Waals surface area contributed by atoms with Crippen LogP contribution in [0.2, 0.25) is 0 Å². The van der Waals surface area contributed by atoms with Crippen molar-refractivity contribution in [3.8, 4) is 22.6 Å². The van der Waals surface area contributed by atoms with Crippen molar-refractivity contribution in [3.05, 3.63) is 48.3 Å². The number of carbonyl (C=O) groups is 1. The van der Waals surface area contributed by atoms with Crippen LogP contribution in [0.15, 0.2) is 42.5 Å². The van der Waals surface area contributed by atoms with Crippen LogP contribution in [0.4, 0.5) is 4.39 Å². The highest BCUT2D eigenvalue weighted by atomic mass is 19.1. The summed E-state index contributed by atoms with van der Waals surface area (Å²) < 4.78 is 24.6. The first-order valence-corrected chi connectivity index (χ1v) is 7.38. The summed E-state index contributed by atoms with van der Waals surface area (Å²) in [4.78, 5) is 10.8. The first kappa shape index (κ1) is 15.3. The van der Waals surface area contributed by atoms with Gasteiger partial charge >= 0.3 is 5.97 Å². The Balaban J connectivity index is 1.66. The zero-order valence-electron chi connectivity index (χ0n) is 12.7. The summed E-state index contributed by atoms with van der Waals surface area (Å²) >= 11 is 0. The van der Waals surface area contributed by atoms with Crippen LogP contribution < -0.4 is 9.47 Å². The predicted octanol–water partition coefficient (Wildman–Crippen LogP) is 3.60. The van der Waals surface area contributed by atoms with E-state index in [0.717, 1.165) is 5.56 Å². The second-order valence-corrected chi connectivity index (χ2v) is 5.62. The van der Waals surface area contributed by atoms with Crippen LogP contribution in [0.25, 0.3) is 11.1 Å². The number of carboxylic acids is 1. The van der Waals surface area contributed by atoms with E-state index in [9.17, 15) is 9.18 Å². The molecule has 1 aliphatic rings. The van der Waals surface area contributed by atoms with Crippen molar-refractivity contribution in [3.63, 3.8) is 0 Å². The minimum absolute atomic E-state index is 0.0861. The van der Waals surface area contributed by atoms with Gasteiger partial charge in [-0.15, -0.1) is 0 Å². The molecule has 1 aliphatic carbocycles. The third-order valence-corrected chi connectivity index (χ3v) is 4.04. The van der Waals surface area contributed by atoms with Crippen molar-refractivity contribution in [1.82, 2.24) is 0 Å². The highest BCUT2D eigenvalue weighted by molar-refractivity contribution is 5.73. The number of benzene rings is 2. The number of aliphatic carboxylic acids is 1. The van der Waals surface area contributed by atoms with Crippen LogP contribution in [0.5, 0.6) is 11.5 Å². The summed E-state index contributed by atoms with van der Waals surface area (Å²) in [7, 11) is 1.54. The van der Waals surface area contributed by atoms with E-state index in [1.165, 1.54) is 13.2 Å². The van der Waals surface area contributed by atoms with Crippen LogP contribution in [0.1, 0.15) is 6.42 Å². The molecule has 0 spiro atoms. The van der Waals surface area contributed by atoms with E-state index in [1.807, 2.05) is 0 Å². The zero-order valence-corrected chi connectivity index (χ0v) is 12.7. The Morgan fingerprint density at radius 3 is 2.52 bits per heavy atom. The lowest BCUT2D eigenvalue weighted by atomic mass is 10.0. The van der Waals surface area contributed by atoms with Gasteiger partial charge in [0.25, 0.3) is 0 Å². The topological polar surface area (TPSA) is 55.8 Å². The maximum atomic E-state index is 13.9. The van der Waals surface area contributed by atoms with Crippen LogP contribution in [-0.2, 0) is 4.79 Å². The van der Waals surface area contributed by atoms with Crippen molar-refractivity contribution in [2.75, 3.05) is 13.7 Å². The van der Waals surface area contributed by atoms with Crippen molar-refractivity contribution in [2.24, 2.45) is 11.8 Å². The van der Waals surface area contributed by atoms with Gasteiger partial charge in [0.1, 0.15) is 17.3 Å². The number of hydrogen-bond donors (Lipinski definition) is 1. The first-order chi connectivity index (χ1) is 11.1. The van der Waals surface area contributed by atoms with E-state index in [1.54, 1.807) is 36.4 Å². The molecule has 120 valence electrons. The lowest BCUT2D eigenvalue weighted by Gasteiger charge is -2.09. The van der Waals surface area contributed by atoms with Gasteiger partial charge in [0, 0.05) is 11.5 Å². The molecule has 0 bridgehead atoms. The van der Waals surface area contributed by atoms with Crippen LogP contribution in [-0.4, -0.2) is 24.8 Å². The lowest BCUT2D eigenvalue weighted by molar-refractivity contribution is -0.138. The maximum absolute atomic E-state index is 13.9. The Morgan fingerprint density at radius 2 is 1.91 bits per heavy atom. The summed E-state index contributed by atoms with van der Waals surface area (Å²) in [5.74, 6) is -0.0318. The number of halogens is 1. The second kappa shape index (κ2) is 6.28. The molecule has 2 atom stereocenters. The van der Waals surface area contributed by atoms with E-state index in [4.69, 9.17) is 14.6 Å². The minimum atomic E-state index is -0.762. The molecule has 0 radical (unpaired) electrons. The van der Waals surface area contributed by atoms with Gasteiger partial charge in [-0.05, 0) is 42.3 Å². The number of rotatable bonds is 6. The highest BCUT2D eigenvalue weighted by Crippen LogP contribution is 2.39. The molecule has 23 heavy (non-hydrogen) atoms. The number of ether oxygens (including phenoxy) is 2. The van der Waals surface area contributed by atoms with Crippen LogP contribution in [0.3, 0.4) is 0 Å². The van der Waals surface area contributed by atoms with Crippen LogP contribution >= 0.6 is 0 Å². The molecule has 0 saturated heterocycles. The summed E-state index contributed by atoms with van der Waals surface area (Å²) in [5, 5.41) is 8.85. The van der Waals surface area contributed by atoms with Gasteiger partial charge in [-0.1, -0.05) is 12.1 Å². The Kier molecular flexibility index (Phi) is 4.19. The molecular weight excluding hydrogens is 299 g/mol. The Labute approximate surface area is 133 Å². The number of hydrogen-bond acceptors (Lipinski definition) is 3. The van der Waals surface area contributed by atoms with Crippen molar-refractivity contribution >= 4 is 5.97 Å². The van der Waals surface area contributed by atoms with Gasteiger partial charge in [-0.3, -0.25) is 4.79 Å². The van der Waals surface area contributed by atoms with Gasteiger partial charge in [-0.25, -0.2) is 4.39 Å². The van der Waals surface area contributed by atoms with Gasteiger partial charge in [0.05, 0.1) is 19.6 Å². The summed E-state index contributed by atoms with van der Waals surface area (Å²) in [6.45, 7) is 0.393. The minimum Gasteiger partial charge on any atom is -0.497 e. The average Bonchev–Trinajstić information content (AvgIpc) is 3.34. The smallest absolute Gasteiger partial charge is 0.306 e. The molecule has 0 heterocycles. The summed E-state index contributed by atoms with van der Waals surface area (Å²) in [5.41, 5.74) is 1.19. The van der Waals surface area contributed by atoms with Gasteiger partial charge < -0.3 is 14.6 Å². The molecule has 1 N–H and O–H groups in total. The summed E-state index contributed by atoms with van der Waals surface area (Å²) in [6, 6.07) is 11.7. The Bertz CT molecular complexity index is 711. The first-order valence-electron chi connectivity index (χ1n) is 7.38. The zero-order chi connectivity index (χ0) is 16.4. The third kappa shape index (κ3) is 3.44. The fourth-order valence-electron chi connectivity index (χ4n) is 2.52. The molecule has 0 aromatic heterocycles. The largest absolute Gasteiger partial charge is 0.497 e. The predicted molar refractivity (Wildman–Crippen MR) is 83.1 cm³/mol. The second-order valence-electron chi connectivity index (χ2n) is 5.62. The Morgan fingerprint density at radius 1 is 1.22 bits per heavy atom. The third-order valence-electron chi connectivity index (χ3n) is 4.04. The van der Waals surface area contributed by atoms with E-state index < -0.39 is 5.97 Å². The monoisotopic (exact) mass is 316 g/mol. The molecule has 2 aromatic carbocycles. The molecule has 4 nitrogen and oxygen atoms in total. The van der Waals surface area contributed by atoms with E-state index >= 15 is 0 Å². The standard InChI is InChI=1S/C18H17FO4/c1-22-14-6-7-17(19)15(9-14)11-2-4-13(5-3-11)23-10-12-8-16(12)18(20)21/h2-7,9,12,16H,8,10H2,1H3,(H,20,21)/t12-,16+/m0/s1. The average molecular weight is 316 g/mol. The van der Waals surface area contributed by atoms with Crippen LogP contribution in [0, 0.1) is 17.7 Å². The highest BCUT2D eigenvalue weighted by Gasteiger charge is 2.43. The SMILES string of the molecule is COc1ccc(F)c(-c2ccc(OC[C@@H]3C[C@H]3C(=O)O)cc2)c1. The molecule has 0 unspecified atom stereocenters. The number of carboxylic acid groups (broad SMARTS) is 1. The van der Waals surface area contributed by atoms with Gasteiger partial charge in [-0.2, -0.15) is 0 Å². The van der Waals surface area contributed by atoms with Crippen molar-refractivity contribution < 1.29 is 23.8 Å². The summed E-state index contributed by atoms with van der Waals surface area (Å²) in [6.07, 6.45) is 0.669. The van der Waals surface area contributed by atoms with E-state index in [2.05, 4.69) is 0 Å². The lowest BCUT2D eigenvalue weighted by Crippen LogP contribution is -2.06. The maximum Gasteiger partial charge on any atom is 0.306 e. The van der Waals surface area contributed by atoms with Crippen molar-refractivity contribution in [1.29, 1.82) is 0 Å². The van der Waals surface area contributed by atoms with Gasteiger partial charge in [0.15, 0.2) is 0 Å². The van der Waals surface area contributed by atoms with Gasteiger partial charge in [0.2, 0.25) is 0 Å². The van der Waals surface area contributed by atoms with E-state index in [0.29, 0.717) is 30.1 Å².